The Kier molecular flexibility index (Phi) is 9.37. The lowest BCUT2D eigenvalue weighted by Gasteiger charge is -2.34. The summed E-state index contributed by atoms with van der Waals surface area (Å²) in [6.07, 6.45) is 5.92. The van der Waals surface area contributed by atoms with Gasteiger partial charge in [0.25, 0.3) is 0 Å². The Morgan fingerprint density at radius 1 is 1.14 bits per heavy atom. The fourth-order valence-corrected chi connectivity index (χ4v) is 4.66. The van der Waals surface area contributed by atoms with E-state index in [9.17, 15) is 4.79 Å². The maximum Gasteiger partial charge on any atom is 0.331 e. The van der Waals surface area contributed by atoms with E-state index in [-0.39, 0.29) is 12.1 Å². The molecule has 11 heteroatoms. The average Bonchev–Trinajstić information content (AvgIpc) is 3.44. The van der Waals surface area contributed by atoms with Crippen molar-refractivity contribution in [1.82, 2.24) is 19.3 Å². The van der Waals surface area contributed by atoms with Crippen molar-refractivity contribution in [3.8, 4) is 11.3 Å². The summed E-state index contributed by atoms with van der Waals surface area (Å²) in [5, 5.41) is 3.91. The normalized spacial score (nSPS) is 11.7. The van der Waals surface area contributed by atoms with Crippen LogP contribution in [0, 0.1) is 0 Å². The minimum Gasteiger partial charge on any atom is -0.351 e. The Balaban J connectivity index is 1.51. The van der Waals surface area contributed by atoms with E-state index in [2.05, 4.69) is 60.8 Å². The third-order valence-corrected chi connectivity index (χ3v) is 7.33. The van der Waals surface area contributed by atoms with Crippen LogP contribution in [0.5, 0.6) is 0 Å². The van der Waals surface area contributed by atoms with Crippen molar-refractivity contribution in [3.05, 3.63) is 93.4 Å². The van der Waals surface area contributed by atoms with E-state index < -0.39 is 0 Å². The minimum absolute atomic E-state index is 0.0817. The van der Waals surface area contributed by atoms with Crippen molar-refractivity contribution < 1.29 is 4.79 Å². The zero-order valence-corrected chi connectivity index (χ0v) is 23.9. The largest absolute Gasteiger partial charge is 0.351 e. The van der Waals surface area contributed by atoms with E-state index in [4.69, 9.17) is 23.2 Å². The highest BCUT2D eigenvalue weighted by Gasteiger charge is 2.24. The number of carbonyl (C=O) groups excluding carboxylic acids is 1. The summed E-state index contributed by atoms with van der Waals surface area (Å²) < 4.78 is 2.27. The molecule has 1 unspecified atom stereocenters. The first kappa shape index (κ1) is 27.3. The lowest BCUT2D eigenvalue weighted by molar-refractivity contribution is 0.236. The summed E-state index contributed by atoms with van der Waals surface area (Å²) in [5.41, 5.74) is 3.32. The van der Waals surface area contributed by atoms with Gasteiger partial charge in [-0.3, -0.25) is 4.31 Å². The number of thiol groups is 1. The maximum absolute atomic E-state index is 13.1. The highest BCUT2D eigenvalue weighted by Crippen LogP contribution is 2.27. The summed E-state index contributed by atoms with van der Waals surface area (Å²) in [4.78, 5) is 27.0. The van der Waals surface area contributed by atoms with Crippen LogP contribution in [0.15, 0.2) is 77.8 Å². The van der Waals surface area contributed by atoms with E-state index in [1.165, 1.54) is 4.31 Å². The number of halogens is 3. The number of anilines is 2. The molecule has 0 aliphatic carbocycles. The second-order valence-corrected chi connectivity index (χ2v) is 10.5. The first-order chi connectivity index (χ1) is 17.8. The van der Waals surface area contributed by atoms with Crippen molar-refractivity contribution >= 4 is 69.5 Å². The molecule has 192 valence electrons. The average molecular weight is 620 g/mol. The minimum atomic E-state index is -0.334. The number of hydrogen-bond acceptors (Lipinski definition) is 5. The number of urea groups is 1. The molecular weight excluding hydrogens is 595 g/mol. The number of pyridine rings is 1. The van der Waals surface area contributed by atoms with Gasteiger partial charge in [0, 0.05) is 40.7 Å². The zero-order chi connectivity index (χ0) is 26.4. The van der Waals surface area contributed by atoms with Crippen LogP contribution >= 0.6 is 51.9 Å². The molecule has 0 aliphatic rings. The summed E-state index contributed by atoms with van der Waals surface area (Å²) >= 11 is 20.4. The second-order valence-electron chi connectivity index (χ2n) is 8.32. The van der Waals surface area contributed by atoms with Crippen LogP contribution in [0.4, 0.5) is 16.3 Å². The highest BCUT2D eigenvalue weighted by molar-refractivity contribution is 9.10. The monoisotopic (exact) mass is 618 g/mol. The molecule has 2 heterocycles. The molecule has 4 rings (SSSR count). The maximum atomic E-state index is 13.1. The number of nitrogens with one attached hydrogen (secondary N) is 2. The van der Waals surface area contributed by atoms with Crippen LogP contribution in [0.1, 0.15) is 18.9 Å². The highest BCUT2D eigenvalue weighted by atomic mass is 79.9. The molecule has 0 saturated carbocycles. The molecule has 4 aromatic rings. The number of aromatic amines is 1. The van der Waals surface area contributed by atoms with Crippen LogP contribution in [-0.2, 0) is 6.54 Å². The van der Waals surface area contributed by atoms with Crippen LogP contribution in [0.25, 0.3) is 11.3 Å². The Labute approximate surface area is 239 Å². The number of hydrogen-bond donors (Lipinski definition) is 3. The van der Waals surface area contributed by atoms with Crippen LogP contribution in [0.3, 0.4) is 0 Å². The van der Waals surface area contributed by atoms with Crippen molar-refractivity contribution in [3.63, 3.8) is 0 Å². The number of nitrogens with zero attached hydrogens (tertiary/aromatic N) is 4. The van der Waals surface area contributed by atoms with E-state index in [0.717, 1.165) is 33.5 Å². The molecule has 0 radical (unpaired) electrons. The Hall–Kier alpha value is -2.72. The van der Waals surface area contributed by atoms with Crippen LogP contribution in [-0.4, -0.2) is 37.9 Å². The summed E-state index contributed by atoms with van der Waals surface area (Å²) in [7, 11) is 0. The smallest absolute Gasteiger partial charge is 0.331 e. The molecule has 7 nitrogen and oxygen atoms in total. The number of rotatable bonds is 9. The lowest BCUT2D eigenvalue weighted by atomic mass is 10.1. The predicted octanol–water partition coefficient (Wildman–Crippen LogP) is 7.71. The molecule has 0 bridgehead atoms. The molecule has 37 heavy (non-hydrogen) atoms. The van der Waals surface area contributed by atoms with Gasteiger partial charge in [0.2, 0.25) is 0 Å². The number of imidazole rings is 1. The number of aromatic nitrogens is 3. The predicted molar refractivity (Wildman–Crippen MR) is 157 cm³/mol. The Morgan fingerprint density at radius 3 is 2.65 bits per heavy atom. The lowest BCUT2D eigenvalue weighted by Crippen LogP contribution is -2.44. The molecule has 0 aliphatic heterocycles. The first-order valence-electron chi connectivity index (χ1n) is 11.5. The number of benzene rings is 2. The molecule has 2 N–H and O–H groups in total. The van der Waals surface area contributed by atoms with E-state index >= 15 is 0 Å². The van der Waals surface area contributed by atoms with Crippen LogP contribution in [0.2, 0.25) is 10.0 Å². The van der Waals surface area contributed by atoms with Gasteiger partial charge in [-0.25, -0.2) is 14.8 Å². The van der Waals surface area contributed by atoms with Gasteiger partial charge in [-0.05, 0) is 64.3 Å². The van der Waals surface area contributed by atoms with Gasteiger partial charge in [0.1, 0.15) is 5.82 Å². The standard InChI is InChI=1S/C26H25BrCl2N6OS/c1-2-21(15-35(37)26(36)33-20-5-3-4-18(11-20)24-13-30-16-32-24)34(25-9-7-19(27)12-31-25)14-17-6-8-22(28)23(29)10-17/h3-13,16,21,37H,2,14-15H2,1H3,(H,30,32)(H,33,36). The van der Waals surface area contributed by atoms with Gasteiger partial charge >= 0.3 is 6.03 Å². The van der Waals surface area contributed by atoms with Gasteiger partial charge < -0.3 is 15.2 Å². The molecule has 2 aromatic heterocycles. The summed E-state index contributed by atoms with van der Waals surface area (Å²) in [5.74, 6) is 0.773. The van der Waals surface area contributed by atoms with E-state index in [1.54, 1.807) is 24.8 Å². The van der Waals surface area contributed by atoms with Gasteiger partial charge in [-0.15, -0.1) is 0 Å². The Morgan fingerprint density at radius 2 is 1.97 bits per heavy atom. The third-order valence-electron chi connectivity index (χ3n) is 5.78. The SMILES string of the molecule is CCC(CN(S)C(=O)Nc1cccc(-c2c[nH]cn2)c1)N(Cc1ccc(Cl)c(Cl)c1)c1ccc(Br)cn1. The molecule has 0 saturated heterocycles. The first-order valence-corrected chi connectivity index (χ1v) is 13.5. The molecular formula is C26H25BrCl2N6OS. The van der Waals surface area contributed by atoms with Gasteiger partial charge in [-0.1, -0.05) is 61.1 Å². The second kappa shape index (κ2) is 12.7. The summed E-state index contributed by atoms with van der Waals surface area (Å²) in [6, 6.07) is 16.5. The fourth-order valence-electron chi connectivity index (χ4n) is 3.86. The van der Waals surface area contributed by atoms with E-state index in [1.807, 2.05) is 48.5 Å². The van der Waals surface area contributed by atoms with E-state index in [0.29, 0.717) is 28.8 Å². The zero-order valence-electron chi connectivity index (χ0n) is 19.9. The molecule has 1 atom stereocenters. The van der Waals surface area contributed by atoms with Gasteiger partial charge in [-0.2, -0.15) is 0 Å². The van der Waals surface area contributed by atoms with Crippen molar-refractivity contribution in [1.29, 1.82) is 0 Å². The molecule has 2 amide bonds. The molecule has 0 fully saturated rings. The molecule has 0 spiro atoms. The van der Waals surface area contributed by atoms with Gasteiger partial charge in [0.15, 0.2) is 0 Å². The number of amides is 2. The summed E-state index contributed by atoms with van der Waals surface area (Å²) in [6.45, 7) is 2.95. The quantitative estimate of drug-likeness (QED) is 0.168. The fraction of sp³-hybridized carbons (Fsp3) is 0.192. The third kappa shape index (κ3) is 7.19. The van der Waals surface area contributed by atoms with Crippen LogP contribution < -0.4 is 10.2 Å². The van der Waals surface area contributed by atoms with Crippen molar-refractivity contribution in [2.45, 2.75) is 25.9 Å². The number of carbonyl (C=O) groups is 1. The molecule has 2 aromatic carbocycles. The topological polar surface area (TPSA) is 77.2 Å². The number of H-pyrrole nitrogens is 1. The Bertz CT molecular complexity index is 1340. The van der Waals surface area contributed by atoms with Gasteiger partial charge in [0.05, 0.1) is 28.6 Å². The van der Waals surface area contributed by atoms with Crippen molar-refractivity contribution in [2.75, 3.05) is 16.8 Å². The van der Waals surface area contributed by atoms with Crippen molar-refractivity contribution in [2.24, 2.45) is 0 Å².